The van der Waals surface area contributed by atoms with Crippen LogP contribution in [0.15, 0.2) is 12.3 Å². The maximum atomic E-state index is 4.12. The molecule has 96 valence electrons. The zero-order chi connectivity index (χ0) is 13.4. The van der Waals surface area contributed by atoms with Gasteiger partial charge >= 0.3 is 0 Å². The smallest absolute Gasteiger partial charge is 0.214 e. The van der Waals surface area contributed by atoms with Gasteiger partial charge in [0.25, 0.3) is 0 Å². The predicted molar refractivity (Wildman–Crippen MR) is 84.0 cm³/mol. The minimum absolute atomic E-state index is 1.30. The Balaban J connectivity index is 5.60. The fourth-order valence-electron chi connectivity index (χ4n) is 2.84. The summed E-state index contributed by atoms with van der Waals surface area (Å²) in [5.41, 5.74) is 2.24. The molecule has 0 aliphatic rings. The van der Waals surface area contributed by atoms with Crippen molar-refractivity contribution in [3.63, 3.8) is 0 Å². The molecular formula is C11H30N2Si3. The Hall–Kier alpha value is 0.311. The molecule has 0 heterocycles. The summed E-state index contributed by atoms with van der Waals surface area (Å²) >= 11 is 0. The van der Waals surface area contributed by atoms with E-state index in [0.717, 1.165) is 0 Å². The molecule has 1 atom stereocenters. The molecule has 0 N–H and O–H groups in total. The quantitative estimate of drug-likeness (QED) is 0.710. The van der Waals surface area contributed by atoms with Crippen LogP contribution >= 0.6 is 0 Å². The maximum Gasteiger partial charge on any atom is 0.214 e. The van der Waals surface area contributed by atoms with Crippen molar-refractivity contribution in [1.82, 2.24) is 8.46 Å². The van der Waals surface area contributed by atoms with E-state index in [1.165, 1.54) is 0 Å². The van der Waals surface area contributed by atoms with E-state index >= 15 is 0 Å². The second kappa shape index (κ2) is 4.89. The summed E-state index contributed by atoms with van der Waals surface area (Å²) in [6.07, 6.45) is 0. The Labute approximate surface area is 106 Å². The van der Waals surface area contributed by atoms with Crippen LogP contribution in [0.1, 0.15) is 0 Å². The van der Waals surface area contributed by atoms with Crippen molar-refractivity contribution < 1.29 is 0 Å². The molecule has 0 aromatic rings. The highest BCUT2D eigenvalue weighted by molar-refractivity contribution is 7.04. The van der Waals surface area contributed by atoms with E-state index in [0.29, 0.717) is 0 Å². The molecular weight excluding hydrogens is 244 g/mol. The molecule has 1 unspecified atom stereocenters. The molecule has 16 heavy (non-hydrogen) atoms. The van der Waals surface area contributed by atoms with Crippen LogP contribution < -0.4 is 0 Å². The van der Waals surface area contributed by atoms with Crippen molar-refractivity contribution in [2.45, 2.75) is 45.8 Å². The van der Waals surface area contributed by atoms with Gasteiger partial charge in [-0.2, -0.15) is 0 Å². The lowest BCUT2D eigenvalue weighted by Crippen LogP contribution is -2.75. The number of hydrogen-bond acceptors (Lipinski definition) is 2. The lowest BCUT2D eigenvalue weighted by atomic mass is 11.2. The molecule has 0 amide bonds. The van der Waals surface area contributed by atoms with Crippen LogP contribution in [0, 0.1) is 0 Å². The van der Waals surface area contributed by atoms with Gasteiger partial charge in [-0.3, -0.25) is 0 Å². The highest BCUT2D eigenvalue weighted by atomic mass is 28.5. The summed E-state index contributed by atoms with van der Waals surface area (Å²) in [5, 5.41) is 0. The Morgan fingerprint density at radius 1 is 0.812 bits per heavy atom. The van der Waals surface area contributed by atoms with Gasteiger partial charge in [-0.25, -0.2) is 0 Å². The highest BCUT2D eigenvalue weighted by Gasteiger charge is 2.47. The lowest BCUT2D eigenvalue weighted by molar-refractivity contribution is 0.582. The Bertz CT molecular complexity index is 239. The molecule has 2 nitrogen and oxygen atoms in total. The summed E-state index contributed by atoms with van der Waals surface area (Å²) < 4.78 is 5.34. The Morgan fingerprint density at radius 2 is 1.12 bits per heavy atom. The van der Waals surface area contributed by atoms with Crippen LogP contribution in [0.3, 0.4) is 0 Å². The Morgan fingerprint density at radius 3 is 1.19 bits per heavy atom. The zero-order valence-electron chi connectivity index (χ0n) is 12.7. The third kappa shape index (κ3) is 3.40. The van der Waals surface area contributed by atoms with Crippen molar-refractivity contribution in [1.29, 1.82) is 0 Å². The highest BCUT2D eigenvalue weighted by Crippen LogP contribution is 2.28. The first kappa shape index (κ1) is 16.3. The zero-order valence-corrected chi connectivity index (χ0v) is 15.7. The van der Waals surface area contributed by atoms with Gasteiger partial charge in [0.15, 0.2) is 0 Å². The lowest BCUT2D eigenvalue weighted by Gasteiger charge is -2.55. The van der Waals surface area contributed by atoms with E-state index in [1.54, 1.807) is 0 Å². The SMILES string of the molecule is C=C[Si](C)(N(C)C)N([Si](C)(C)C)[Si](C)(C)C. The fourth-order valence-corrected chi connectivity index (χ4v) is 24.4. The van der Waals surface area contributed by atoms with Gasteiger partial charge in [-0.1, -0.05) is 45.0 Å². The molecule has 0 saturated heterocycles. The minimum Gasteiger partial charge on any atom is -0.353 e. The van der Waals surface area contributed by atoms with E-state index in [1.807, 2.05) is 0 Å². The van der Waals surface area contributed by atoms with Crippen LogP contribution in [-0.4, -0.2) is 47.4 Å². The number of nitrogens with zero attached hydrogens (tertiary/aromatic N) is 2. The maximum absolute atomic E-state index is 4.12. The second-order valence-electron chi connectivity index (χ2n) is 6.87. The number of rotatable bonds is 5. The standard InChI is InChI=1S/C11H30N2Si3/c1-11-16(10,12(2)3)13(14(4,5)6)15(7,8)9/h11H,1H2,2-10H3. The van der Waals surface area contributed by atoms with E-state index in [-0.39, 0.29) is 0 Å². The van der Waals surface area contributed by atoms with Crippen LogP contribution in [0.4, 0.5) is 0 Å². The van der Waals surface area contributed by atoms with Crippen LogP contribution in [0.5, 0.6) is 0 Å². The van der Waals surface area contributed by atoms with Gasteiger partial charge in [0, 0.05) is 0 Å². The first-order valence-electron chi connectivity index (χ1n) is 5.99. The third-order valence-electron chi connectivity index (χ3n) is 3.09. The van der Waals surface area contributed by atoms with E-state index < -0.39 is 24.9 Å². The van der Waals surface area contributed by atoms with E-state index in [4.69, 9.17) is 0 Å². The molecule has 0 bridgehead atoms. The average molecular weight is 275 g/mol. The molecule has 0 aromatic heterocycles. The Kier molecular flexibility index (Phi) is 4.99. The molecule has 0 aromatic carbocycles. The van der Waals surface area contributed by atoms with Crippen molar-refractivity contribution in [3.8, 4) is 0 Å². The summed E-state index contributed by atoms with van der Waals surface area (Å²) in [6.45, 7) is 21.3. The molecule has 0 saturated carbocycles. The van der Waals surface area contributed by atoms with E-state index in [2.05, 4.69) is 80.7 Å². The first-order valence-corrected chi connectivity index (χ1v) is 15.4. The molecule has 0 radical (unpaired) electrons. The topological polar surface area (TPSA) is 6.48 Å². The third-order valence-corrected chi connectivity index (χ3v) is 20.0. The van der Waals surface area contributed by atoms with Crippen molar-refractivity contribution in [2.24, 2.45) is 0 Å². The van der Waals surface area contributed by atoms with Crippen LogP contribution in [0.2, 0.25) is 45.8 Å². The largest absolute Gasteiger partial charge is 0.353 e. The van der Waals surface area contributed by atoms with Gasteiger partial charge in [-0.05, 0) is 20.6 Å². The van der Waals surface area contributed by atoms with Crippen LogP contribution in [-0.2, 0) is 0 Å². The van der Waals surface area contributed by atoms with Gasteiger partial charge in [0.1, 0.15) is 16.5 Å². The van der Waals surface area contributed by atoms with Crippen LogP contribution in [0.25, 0.3) is 0 Å². The molecule has 0 fully saturated rings. The molecule has 0 aliphatic carbocycles. The van der Waals surface area contributed by atoms with Gasteiger partial charge in [-0.15, -0.1) is 6.58 Å². The van der Waals surface area contributed by atoms with Crippen molar-refractivity contribution in [3.05, 3.63) is 12.3 Å². The van der Waals surface area contributed by atoms with Crippen molar-refractivity contribution >= 4 is 24.9 Å². The second-order valence-corrected chi connectivity index (χ2v) is 21.7. The summed E-state index contributed by atoms with van der Waals surface area (Å²) in [6, 6.07) is 0. The molecule has 0 rings (SSSR count). The van der Waals surface area contributed by atoms with E-state index in [9.17, 15) is 0 Å². The normalized spacial score (nSPS) is 17.7. The number of hydrogen-bond donors (Lipinski definition) is 0. The first-order chi connectivity index (χ1) is 6.87. The van der Waals surface area contributed by atoms with Crippen molar-refractivity contribution in [2.75, 3.05) is 14.1 Å². The minimum atomic E-state index is -1.65. The van der Waals surface area contributed by atoms with Gasteiger partial charge < -0.3 is 8.46 Å². The molecule has 0 aliphatic heterocycles. The molecule has 0 spiro atoms. The van der Waals surface area contributed by atoms with Gasteiger partial charge in [0.05, 0.1) is 0 Å². The predicted octanol–water partition coefficient (Wildman–Crippen LogP) is 3.32. The average Bonchev–Trinajstić information content (AvgIpc) is 1.97. The summed E-state index contributed by atoms with van der Waals surface area (Å²) in [4.78, 5) is 0. The summed E-state index contributed by atoms with van der Waals surface area (Å²) in [5.74, 6) is 0. The monoisotopic (exact) mass is 274 g/mol. The summed E-state index contributed by atoms with van der Waals surface area (Å²) in [7, 11) is 0.177. The fraction of sp³-hybridized carbons (Fsp3) is 0.818. The molecule has 5 heteroatoms. The van der Waals surface area contributed by atoms with Gasteiger partial charge in [0.2, 0.25) is 8.40 Å².